The van der Waals surface area contributed by atoms with Crippen LogP contribution >= 0.6 is 11.6 Å². The van der Waals surface area contributed by atoms with E-state index in [1.54, 1.807) is 35.2 Å². The fourth-order valence-corrected chi connectivity index (χ4v) is 5.80. The molecule has 0 radical (unpaired) electrons. The normalized spacial score (nSPS) is 18.6. The fraction of sp³-hybridized carbons (Fsp3) is 0.409. The molecule has 0 saturated carbocycles. The molecule has 2 fully saturated rings. The Kier molecular flexibility index (Phi) is 7.11. The summed E-state index contributed by atoms with van der Waals surface area (Å²) in [4.78, 5) is 16.9. The Labute approximate surface area is 192 Å². The molecule has 0 atom stereocenters. The minimum Gasteiger partial charge on any atom is -0.379 e. The van der Waals surface area contributed by atoms with Crippen LogP contribution in [0.5, 0.6) is 0 Å². The summed E-state index contributed by atoms with van der Waals surface area (Å²) in [5.74, 6) is -0.667. The molecule has 0 unspecified atom stereocenters. The molecule has 2 aromatic rings. The van der Waals surface area contributed by atoms with Gasteiger partial charge in [0.05, 0.1) is 23.7 Å². The van der Waals surface area contributed by atoms with E-state index in [1.807, 2.05) is 4.90 Å². The van der Waals surface area contributed by atoms with Crippen LogP contribution in [0.3, 0.4) is 0 Å². The Hall–Kier alpha value is -2.04. The Morgan fingerprint density at radius 3 is 2.34 bits per heavy atom. The van der Waals surface area contributed by atoms with Gasteiger partial charge in [0, 0.05) is 56.4 Å². The SMILES string of the molecule is O=C(c1ccccc1S(=O)(=O)N1CCOCC1)N1CCN(Cc2c(F)cccc2Cl)CC1. The Morgan fingerprint density at radius 1 is 0.969 bits per heavy atom. The predicted octanol–water partition coefficient (Wildman–Crippen LogP) is 2.46. The lowest BCUT2D eigenvalue weighted by atomic mass is 10.1. The molecule has 2 aromatic carbocycles. The molecule has 32 heavy (non-hydrogen) atoms. The van der Waals surface area contributed by atoms with Crippen molar-refractivity contribution in [2.24, 2.45) is 0 Å². The van der Waals surface area contributed by atoms with Gasteiger partial charge in [-0.05, 0) is 24.3 Å². The first kappa shape index (κ1) is 23.1. The van der Waals surface area contributed by atoms with Crippen molar-refractivity contribution in [1.29, 1.82) is 0 Å². The first-order valence-corrected chi connectivity index (χ1v) is 12.3. The van der Waals surface area contributed by atoms with E-state index in [4.69, 9.17) is 16.3 Å². The minimum atomic E-state index is -3.80. The lowest BCUT2D eigenvalue weighted by Crippen LogP contribution is -2.48. The summed E-state index contributed by atoms with van der Waals surface area (Å²) in [6.07, 6.45) is 0. The highest BCUT2D eigenvalue weighted by Gasteiger charge is 2.32. The number of piperazine rings is 1. The van der Waals surface area contributed by atoms with E-state index < -0.39 is 10.0 Å². The number of carbonyl (C=O) groups excluding carboxylic acids is 1. The molecule has 0 bridgehead atoms. The van der Waals surface area contributed by atoms with Gasteiger partial charge in [0.15, 0.2) is 0 Å². The first-order valence-electron chi connectivity index (χ1n) is 10.5. The van der Waals surface area contributed by atoms with E-state index in [2.05, 4.69) is 0 Å². The molecule has 0 aliphatic carbocycles. The van der Waals surface area contributed by atoms with Gasteiger partial charge < -0.3 is 9.64 Å². The molecular formula is C22H25ClFN3O4S. The molecule has 2 aliphatic rings. The minimum absolute atomic E-state index is 0.0208. The zero-order valence-electron chi connectivity index (χ0n) is 17.5. The topological polar surface area (TPSA) is 70.2 Å². The summed E-state index contributed by atoms with van der Waals surface area (Å²) in [6, 6.07) is 10.9. The van der Waals surface area contributed by atoms with Crippen molar-refractivity contribution < 1.29 is 22.3 Å². The third kappa shape index (κ3) is 4.82. The first-order chi connectivity index (χ1) is 15.4. The second-order valence-corrected chi connectivity index (χ2v) is 10.1. The number of sulfonamides is 1. The molecule has 10 heteroatoms. The highest BCUT2D eigenvalue weighted by Crippen LogP contribution is 2.24. The van der Waals surface area contributed by atoms with Gasteiger partial charge in [-0.15, -0.1) is 0 Å². The maximum absolute atomic E-state index is 14.1. The molecule has 7 nitrogen and oxygen atoms in total. The number of amides is 1. The highest BCUT2D eigenvalue weighted by molar-refractivity contribution is 7.89. The third-order valence-electron chi connectivity index (χ3n) is 5.81. The molecule has 2 saturated heterocycles. The molecule has 172 valence electrons. The highest BCUT2D eigenvalue weighted by atomic mass is 35.5. The summed E-state index contributed by atoms with van der Waals surface area (Å²) in [5.41, 5.74) is 0.612. The van der Waals surface area contributed by atoms with Gasteiger partial charge in [-0.2, -0.15) is 4.31 Å². The summed E-state index contributed by atoms with van der Waals surface area (Å²) in [7, 11) is -3.80. The van der Waals surface area contributed by atoms with Crippen LogP contribution in [-0.4, -0.2) is 80.9 Å². The Balaban J connectivity index is 1.46. The van der Waals surface area contributed by atoms with E-state index in [0.29, 0.717) is 56.5 Å². The molecule has 2 heterocycles. The van der Waals surface area contributed by atoms with Crippen LogP contribution in [0.15, 0.2) is 47.4 Å². The summed E-state index contributed by atoms with van der Waals surface area (Å²) < 4.78 is 47.0. The number of rotatable bonds is 5. The molecule has 0 N–H and O–H groups in total. The van der Waals surface area contributed by atoms with Gasteiger partial charge in [0.1, 0.15) is 5.82 Å². The van der Waals surface area contributed by atoms with Crippen LogP contribution in [-0.2, 0) is 21.3 Å². The Bertz CT molecular complexity index is 1060. The number of benzene rings is 2. The van der Waals surface area contributed by atoms with Crippen molar-refractivity contribution in [2.45, 2.75) is 11.4 Å². The van der Waals surface area contributed by atoms with Gasteiger partial charge in [-0.3, -0.25) is 9.69 Å². The van der Waals surface area contributed by atoms with E-state index >= 15 is 0 Å². The van der Waals surface area contributed by atoms with E-state index in [9.17, 15) is 17.6 Å². The number of hydrogen-bond donors (Lipinski definition) is 0. The maximum atomic E-state index is 14.1. The number of morpholine rings is 1. The van der Waals surface area contributed by atoms with Crippen LogP contribution in [0.1, 0.15) is 15.9 Å². The van der Waals surface area contributed by atoms with Crippen molar-refractivity contribution in [3.8, 4) is 0 Å². The second kappa shape index (κ2) is 9.84. The van der Waals surface area contributed by atoms with Gasteiger partial charge in [0.2, 0.25) is 10.0 Å². The largest absolute Gasteiger partial charge is 0.379 e. The van der Waals surface area contributed by atoms with Crippen LogP contribution in [0, 0.1) is 5.82 Å². The van der Waals surface area contributed by atoms with Crippen molar-refractivity contribution >= 4 is 27.5 Å². The van der Waals surface area contributed by atoms with Crippen LogP contribution in [0.2, 0.25) is 5.02 Å². The molecular weight excluding hydrogens is 457 g/mol. The van der Waals surface area contributed by atoms with Gasteiger partial charge in [-0.25, -0.2) is 12.8 Å². The molecule has 1 amide bonds. The molecule has 0 spiro atoms. The van der Waals surface area contributed by atoms with Crippen molar-refractivity contribution in [3.63, 3.8) is 0 Å². The second-order valence-electron chi connectivity index (χ2n) is 7.78. The van der Waals surface area contributed by atoms with E-state index in [0.717, 1.165) is 0 Å². The zero-order valence-corrected chi connectivity index (χ0v) is 19.1. The molecule has 2 aliphatic heterocycles. The average molecular weight is 482 g/mol. The molecule has 0 aromatic heterocycles. The lowest BCUT2D eigenvalue weighted by molar-refractivity contribution is 0.0622. The monoisotopic (exact) mass is 481 g/mol. The predicted molar refractivity (Wildman–Crippen MR) is 119 cm³/mol. The zero-order chi connectivity index (χ0) is 22.7. The van der Waals surface area contributed by atoms with Crippen molar-refractivity contribution in [3.05, 3.63) is 64.4 Å². The average Bonchev–Trinajstić information content (AvgIpc) is 2.82. The maximum Gasteiger partial charge on any atom is 0.255 e. The van der Waals surface area contributed by atoms with Crippen molar-refractivity contribution in [1.82, 2.24) is 14.1 Å². The lowest BCUT2D eigenvalue weighted by Gasteiger charge is -2.35. The summed E-state index contributed by atoms with van der Waals surface area (Å²) >= 11 is 6.13. The van der Waals surface area contributed by atoms with Crippen LogP contribution < -0.4 is 0 Å². The van der Waals surface area contributed by atoms with Gasteiger partial charge in [-0.1, -0.05) is 29.8 Å². The van der Waals surface area contributed by atoms with E-state index in [1.165, 1.54) is 16.4 Å². The van der Waals surface area contributed by atoms with Crippen molar-refractivity contribution in [2.75, 3.05) is 52.5 Å². The quantitative estimate of drug-likeness (QED) is 0.656. The smallest absolute Gasteiger partial charge is 0.255 e. The number of nitrogens with zero attached hydrogens (tertiary/aromatic N) is 3. The standard InChI is InChI=1S/C22H25ClFN3O4S/c23-19-5-3-6-20(24)18(19)16-25-8-10-26(11-9-25)22(28)17-4-1-2-7-21(17)32(29,30)27-12-14-31-15-13-27/h1-7H,8-16H2. The Morgan fingerprint density at radius 2 is 1.66 bits per heavy atom. The summed E-state index contributed by atoms with van der Waals surface area (Å²) in [5, 5.41) is 0.380. The number of carbonyl (C=O) groups is 1. The van der Waals surface area contributed by atoms with Gasteiger partial charge in [0.25, 0.3) is 5.91 Å². The van der Waals surface area contributed by atoms with Crippen LogP contribution in [0.25, 0.3) is 0 Å². The summed E-state index contributed by atoms with van der Waals surface area (Å²) in [6.45, 7) is 3.46. The number of ether oxygens (including phenoxy) is 1. The number of halogens is 2. The molecule has 4 rings (SSSR count). The fourth-order valence-electron chi connectivity index (χ4n) is 3.98. The third-order valence-corrected chi connectivity index (χ3v) is 8.12. The number of hydrogen-bond acceptors (Lipinski definition) is 5. The van der Waals surface area contributed by atoms with E-state index in [-0.39, 0.29) is 35.3 Å². The van der Waals surface area contributed by atoms with Crippen LogP contribution in [0.4, 0.5) is 4.39 Å². The van der Waals surface area contributed by atoms with Gasteiger partial charge >= 0.3 is 0 Å².